The zero-order chi connectivity index (χ0) is 6.24. The van der Waals surface area contributed by atoms with Crippen LogP contribution in [-0.2, 0) is 8.67 Å². The van der Waals surface area contributed by atoms with Gasteiger partial charge in [0.1, 0.15) is 0 Å². The van der Waals surface area contributed by atoms with Crippen LogP contribution >= 0.6 is 24.1 Å². The molecule has 6 heteroatoms. The lowest BCUT2D eigenvalue weighted by atomic mass is 11.8. The molecule has 0 radical (unpaired) electrons. The Bertz CT molecular complexity index is 109. The van der Waals surface area contributed by atoms with Crippen LogP contribution in [0.2, 0.25) is 0 Å². The first-order chi connectivity index (χ1) is 3.91. The van der Waals surface area contributed by atoms with E-state index in [9.17, 15) is 0 Å². The third-order valence-electron chi connectivity index (χ3n) is 0.170. The smallest absolute Gasteiger partial charge is 0.166 e. The van der Waals surface area contributed by atoms with Gasteiger partial charge < -0.3 is 0 Å². The van der Waals surface area contributed by atoms with E-state index in [0.717, 1.165) is 0 Å². The van der Waals surface area contributed by atoms with E-state index in [0.29, 0.717) is 24.1 Å². The summed E-state index contributed by atoms with van der Waals surface area (Å²) in [5, 5.41) is 18.7. The quantitative estimate of drug-likeness (QED) is 0.197. The minimum Gasteiger partial charge on any atom is -0.183 e. The molecule has 42 valence electrons. The van der Waals surface area contributed by atoms with Gasteiger partial charge in [-0.1, -0.05) is 0 Å². The third-order valence-corrected chi connectivity index (χ3v) is 0.678. The molecule has 0 rings (SSSR count). The Balaban J connectivity index is 2.77. The highest BCUT2D eigenvalue weighted by molar-refractivity contribution is 8.01. The number of nitrogens with zero attached hydrogens (tertiary/aromatic N) is 2. The predicted octanol–water partition coefficient (Wildman–Crippen LogP) is 1.19. The second-order valence-electron chi connectivity index (χ2n) is 0.485. The normalized spacial score (nSPS) is 7.25. The molecule has 0 saturated heterocycles. The van der Waals surface area contributed by atoms with Crippen molar-refractivity contribution >= 4 is 24.1 Å². The predicted molar refractivity (Wildman–Crippen MR) is 28.6 cm³/mol. The Hall–Kier alpha value is -0.400. The molecule has 0 unspecified atom stereocenters. The molecular formula is C2N2O2S2. The van der Waals surface area contributed by atoms with E-state index in [-0.39, 0.29) is 0 Å². The fourth-order valence-corrected chi connectivity index (χ4v) is 0.341. The Morgan fingerprint density at radius 1 is 1.00 bits per heavy atom. The van der Waals surface area contributed by atoms with Gasteiger partial charge in [0.05, 0.1) is 0 Å². The van der Waals surface area contributed by atoms with E-state index in [1.54, 1.807) is 10.8 Å². The van der Waals surface area contributed by atoms with Crippen LogP contribution in [-0.4, -0.2) is 0 Å². The molecule has 0 saturated carbocycles. The molecule has 8 heavy (non-hydrogen) atoms. The van der Waals surface area contributed by atoms with Crippen molar-refractivity contribution < 1.29 is 8.67 Å². The number of nitriles is 2. The van der Waals surface area contributed by atoms with E-state index in [1.807, 2.05) is 0 Å². The molecule has 0 atom stereocenters. The Kier molecular flexibility index (Phi) is 6.27. The molecule has 0 fully saturated rings. The third kappa shape index (κ3) is 5.60. The van der Waals surface area contributed by atoms with E-state index >= 15 is 0 Å². The van der Waals surface area contributed by atoms with Crippen molar-refractivity contribution in [1.29, 1.82) is 10.5 Å². The van der Waals surface area contributed by atoms with Crippen molar-refractivity contribution in [3.8, 4) is 10.8 Å². The molecule has 4 nitrogen and oxygen atoms in total. The average molecular weight is 148 g/mol. The maximum atomic E-state index is 7.78. The van der Waals surface area contributed by atoms with Crippen molar-refractivity contribution in [2.75, 3.05) is 0 Å². The molecular weight excluding hydrogens is 148 g/mol. The average Bonchev–Trinajstić information content (AvgIpc) is 1.81. The molecule has 0 aliphatic carbocycles. The van der Waals surface area contributed by atoms with Crippen molar-refractivity contribution in [2.45, 2.75) is 0 Å². The van der Waals surface area contributed by atoms with Crippen LogP contribution < -0.4 is 0 Å². The maximum absolute atomic E-state index is 7.78. The number of hydrogen-bond donors (Lipinski definition) is 0. The van der Waals surface area contributed by atoms with E-state index in [1.165, 1.54) is 0 Å². The summed E-state index contributed by atoms with van der Waals surface area (Å²) in [6.07, 6.45) is 0. The molecule has 0 aliphatic heterocycles. The topological polar surface area (TPSA) is 66.0 Å². The molecule has 0 bridgehead atoms. The maximum Gasteiger partial charge on any atom is 0.166 e. The summed E-state index contributed by atoms with van der Waals surface area (Å²) in [6, 6.07) is 0. The summed E-state index contributed by atoms with van der Waals surface area (Å²) in [7, 11) is 0. The molecule has 0 aromatic heterocycles. The van der Waals surface area contributed by atoms with Crippen molar-refractivity contribution in [2.24, 2.45) is 0 Å². The fourth-order valence-electron chi connectivity index (χ4n) is 0.0582. The number of rotatable bonds is 3. The highest BCUT2D eigenvalue weighted by Gasteiger charge is 1.84. The molecule has 0 heterocycles. The SMILES string of the molecule is N#CSOOSC#N. The van der Waals surface area contributed by atoms with Gasteiger partial charge in [0.2, 0.25) is 0 Å². The molecule has 0 N–H and O–H groups in total. The largest absolute Gasteiger partial charge is 0.183 e. The van der Waals surface area contributed by atoms with Crippen LogP contribution in [0, 0.1) is 21.3 Å². The second-order valence-corrected chi connectivity index (χ2v) is 1.46. The first-order valence-electron chi connectivity index (χ1n) is 1.36. The molecule has 0 aromatic carbocycles. The van der Waals surface area contributed by atoms with E-state index < -0.39 is 0 Å². The van der Waals surface area contributed by atoms with Gasteiger partial charge >= 0.3 is 0 Å². The van der Waals surface area contributed by atoms with E-state index in [4.69, 9.17) is 10.5 Å². The van der Waals surface area contributed by atoms with Crippen LogP contribution in [0.25, 0.3) is 0 Å². The lowest BCUT2D eigenvalue weighted by Crippen LogP contribution is -1.67. The summed E-state index contributed by atoms with van der Waals surface area (Å²) in [6.45, 7) is 0. The van der Waals surface area contributed by atoms with Gasteiger partial charge in [-0.2, -0.15) is 10.5 Å². The highest BCUT2D eigenvalue weighted by atomic mass is 32.2. The van der Waals surface area contributed by atoms with Crippen LogP contribution in [0.5, 0.6) is 0 Å². The standard InChI is InChI=1S/C2N2O2S2/c3-1-7-5-6-8-2-4. The minimum absolute atomic E-state index is 0.459. The summed E-state index contributed by atoms with van der Waals surface area (Å²) in [5.74, 6) is 0. The molecule has 0 aromatic rings. The molecule has 0 aliphatic rings. The monoisotopic (exact) mass is 148 g/mol. The Labute approximate surface area is 54.7 Å². The van der Waals surface area contributed by atoms with Crippen molar-refractivity contribution in [3.63, 3.8) is 0 Å². The van der Waals surface area contributed by atoms with Crippen LogP contribution in [0.4, 0.5) is 0 Å². The van der Waals surface area contributed by atoms with Crippen molar-refractivity contribution in [3.05, 3.63) is 0 Å². The zero-order valence-corrected chi connectivity index (χ0v) is 5.16. The van der Waals surface area contributed by atoms with E-state index in [2.05, 4.69) is 8.67 Å². The Morgan fingerprint density at radius 3 is 1.62 bits per heavy atom. The first kappa shape index (κ1) is 7.60. The van der Waals surface area contributed by atoms with Gasteiger partial charge in [-0.15, -0.1) is 8.67 Å². The molecule has 0 spiro atoms. The summed E-state index contributed by atoms with van der Waals surface area (Å²) in [4.78, 5) is 0. The van der Waals surface area contributed by atoms with Gasteiger partial charge in [0.25, 0.3) is 0 Å². The summed E-state index contributed by atoms with van der Waals surface area (Å²) >= 11 is 0.919. The van der Waals surface area contributed by atoms with Crippen LogP contribution in [0.3, 0.4) is 0 Å². The number of hydrogen-bond acceptors (Lipinski definition) is 6. The lowest BCUT2D eigenvalue weighted by molar-refractivity contribution is -0.0503. The lowest BCUT2D eigenvalue weighted by Gasteiger charge is -1.83. The summed E-state index contributed by atoms with van der Waals surface area (Å²) in [5.41, 5.74) is 0. The highest BCUT2D eigenvalue weighted by Crippen LogP contribution is 2.06. The minimum atomic E-state index is 0.459. The first-order valence-corrected chi connectivity index (χ1v) is 2.84. The second kappa shape index (κ2) is 6.60. The Morgan fingerprint density at radius 2 is 1.38 bits per heavy atom. The fraction of sp³-hybridized carbons (Fsp3) is 0. The van der Waals surface area contributed by atoms with Crippen LogP contribution in [0.15, 0.2) is 0 Å². The van der Waals surface area contributed by atoms with Gasteiger partial charge in [-0.25, -0.2) is 0 Å². The van der Waals surface area contributed by atoms with Gasteiger partial charge in [-0.05, 0) is 0 Å². The van der Waals surface area contributed by atoms with Crippen LogP contribution in [0.1, 0.15) is 0 Å². The number of thiocyanates is 2. The summed E-state index contributed by atoms with van der Waals surface area (Å²) < 4.78 is 8.04. The van der Waals surface area contributed by atoms with Gasteiger partial charge in [-0.3, -0.25) is 0 Å². The molecule has 0 amide bonds. The van der Waals surface area contributed by atoms with Gasteiger partial charge in [0, 0.05) is 0 Å². The van der Waals surface area contributed by atoms with Crippen molar-refractivity contribution in [1.82, 2.24) is 0 Å². The zero-order valence-electron chi connectivity index (χ0n) is 3.53. The van der Waals surface area contributed by atoms with Gasteiger partial charge in [0.15, 0.2) is 34.9 Å².